The molecule has 6 rings (SSSR count). The van der Waals surface area contributed by atoms with Gasteiger partial charge in [-0.3, -0.25) is 0 Å². The minimum atomic E-state index is -0.483. The summed E-state index contributed by atoms with van der Waals surface area (Å²) in [5, 5.41) is 5.13. The van der Waals surface area contributed by atoms with Crippen molar-refractivity contribution >= 4 is 49.0 Å². The number of nitrogens with zero attached hydrogens (tertiary/aromatic N) is 3. The molecular weight excluding hydrogens is 409 g/mol. The maximum absolute atomic E-state index is 15.2. The molecule has 4 heteroatoms. The summed E-state index contributed by atoms with van der Waals surface area (Å²) in [5.74, 6) is -0.192. The number of pyridine rings is 2. The van der Waals surface area contributed by atoms with Crippen molar-refractivity contribution in [1.82, 2.24) is 4.40 Å². The Kier molecular flexibility index (Phi) is 3.88. The standard InChI is InChI=1S/C29H25FN3/c1-16-12-20-26-21(30)8-7-9-22(26)33-23-14-18(15-29(3,4)31-5)13-19-10-11-32(6)28(25(19)23)24(17(16)2)27(20)33/h7-14H,15H2,1-4,6H3/q+1. The first kappa shape index (κ1) is 19.9. The summed E-state index contributed by atoms with van der Waals surface area (Å²) in [6.45, 7) is 15.8. The lowest BCUT2D eigenvalue weighted by atomic mass is 9.92. The molecule has 0 spiro atoms. The first-order valence-corrected chi connectivity index (χ1v) is 11.3. The van der Waals surface area contributed by atoms with Crippen LogP contribution < -0.4 is 4.57 Å². The third-order valence-corrected chi connectivity index (χ3v) is 7.24. The molecule has 0 aliphatic carbocycles. The lowest BCUT2D eigenvalue weighted by Gasteiger charge is -2.16. The number of aromatic nitrogens is 2. The van der Waals surface area contributed by atoms with Crippen LogP contribution in [0.2, 0.25) is 0 Å². The van der Waals surface area contributed by atoms with E-state index >= 15 is 4.39 Å². The maximum Gasteiger partial charge on any atom is 0.231 e. The Bertz CT molecular complexity index is 1820. The Labute approximate surface area is 191 Å². The zero-order chi connectivity index (χ0) is 23.2. The molecule has 0 N–H and O–H groups in total. The average molecular weight is 435 g/mol. The number of fused-ring (bicyclic) bond motifs is 5. The maximum atomic E-state index is 15.2. The van der Waals surface area contributed by atoms with E-state index in [9.17, 15) is 0 Å². The van der Waals surface area contributed by atoms with Gasteiger partial charge in [0.25, 0.3) is 0 Å². The predicted octanol–water partition coefficient (Wildman–Crippen LogP) is 6.81. The molecule has 3 aromatic heterocycles. The zero-order valence-electron chi connectivity index (χ0n) is 19.5. The summed E-state index contributed by atoms with van der Waals surface area (Å²) in [5.41, 5.74) is 7.21. The number of halogens is 1. The quantitative estimate of drug-likeness (QED) is 0.123. The third kappa shape index (κ3) is 2.57. The van der Waals surface area contributed by atoms with E-state index in [0.29, 0.717) is 11.8 Å². The molecule has 0 atom stereocenters. The molecule has 0 fully saturated rings. The number of benzene rings is 3. The normalized spacial score (nSPS) is 12.6. The van der Waals surface area contributed by atoms with E-state index in [0.717, 1.165) is 38.4 Å². The number of hydrogen-bond acceptors (Lipinski definition) is 0. The first-order valence-electron chi connectivity index (χ1n) is 11.3. The van der Waals surface area contributed by atoms with Crippen LogP contribution in [0.25, 0.3) is 53.8 Å². The minimum absolute atomic E-state index is 0.192. The molecule has 3 heterocycles. The van der Waals surface area contributed by atoms with Gasteiger partial charge in [-0.25, -0.2) is 15.5 Å². The number of rotatable bonds is 2. The van der Waals surface area contributed by atoms with E-state index in [2.05, 4.69) is 65.2 Å². The molecule has 0 saturated carbocycles. The highest BCUT2D eigenvalue weighted by Crippen LogP contribution is 2.42. The van der Waals surface area contributed by atoms with Crippen LogP contribution in [0.5, 0.6) is 0 Å². The smallest absolute Gasteiger partial charge is 0.231 e. The average Bonchev–Trinajstić information content (AvgIpc) is 3.10. The van der Waals surface area contributed by atoms with Gasteiger partial charge in [-0.05, 0) is 60.2 Å². The summed E-state index contributed by atoms with van der Waals surface area (Å²) in [4.78, 5) is 3.83. The van der Waals surface area contributed by atoms with E-state index in [-0.39, 0.29) is 5.82 Å². The Morgan fingerprint density at radius 3 is 2.58 bits per heavy atom. The van der Waals surface area contributed by atoms with Crippen molar-refractivity contribution in [2.45, 2.75) is 39.7 Å². The van der Waals surface area contributed by atoms with Crippen LogP contribution >= 0.6 is 0 Å². The van der Waals surface area contributed by atoms with E-state index in [1.54, 1.807) is 12.1 Å². The second-order valence-corrected chi connectivity index (χ2v) is 10.0. The molecule has 33 heavy (non-hydrogen) atoms. The van der Waals surface area contributed by atoms with Crippen molar-refractivity contribution < 1.29 is 8.96 Å². The molecule has 0 radical (unpaired) electrons. The van der Waals surface area contributed by atoms with E-state index in [1.807, 2.05) is 19.9 Å². The molecule has 3 nitrogen and oxygen atoms in total. The molecule has 6 aromatic rings. The number of aryl methyl sites for hydroxylation is 3. The molecule has 0 amide bonds. The third-order valence-electron chi connectivity index (χ3n) is 7.24. The van der Waals surface area contributed by atoms with Crippen LogP contribution in [0, 0.1) is 26.2 Å². The summed E-state index contributed by atoms with van der Waals surface area (Å²) in [6.07, 6.45) is 2.77. The summed E-state index contributed by atoms with van der Waals surface area (Å²) >= 11 is 0. The van der Waals surface area contributed by atoms with Gasteiger partial charge in [0.2, 0.25) is 11.1 Å². The highest BCUT2D eigenvalue weighted by Gasteiger charge is 2.28. The van der Waals surface area contributed by atoms with Gasteiger partial charge in [0.15, 0.2) is 6.20 Å². The molecular formula is C29H25FN3+. The largest absolute Gasteiger partial charge is 0.311 e. The Morgan fingerprint density at radius 2 is 1.82 bits per heavy atom. The summed E-state index contributed by atoms with van der Waals surface area (Å²) in [6, 6.07) is 14.1. The van der Waals surface area contributed by atoms with E-state index < -0.39 is 5.54 Å². The van der Waals surface area contributed by atoms with E-state index in [1.165, 1.54) is 21.9 Å². The second-order valence-electron chi connectivity index (χ2n) is 10.0. The van der Waals surface area contributed by atoms with Crippen molar-refractivity contribution in [3.05, 3.63) is 82.6 Å². The lowest BCUT2D eigenvalue weighted by molar-refractivity contribution is -0.643. The van der Waals surface area contributed by atoms with Crippen molar-refractivity contribution in [3.63, 3.8) is 0 Å². The van der Waals surface area contributed by atoms with Crippen LogP contribution in [0.1, 0.15) is 30.5 Å². The molecule has 0 aliphatic heterocycles. The van der Waals surface area contributed by atoms with Gasteiger partial charge < -0.3 is 9.25 Å². The highest BCUT2D eigenvalue weighted by atomic mass is 19.1. The zero-order valence-corrected chi connectivity index (χ0v) is 19.5. The molecule has 0 bridgehead atoms. The lowest BCUT2D eigenvalue weighted by Crippen LogP contribution is -2.29. The second kappa shape index (κ2) is 6.42. The summed E-state index contributed by atoms with van der Waals surface area (Å²) < 4.78 is 19.7. The molecule has 0 unspecified atom stereocenters. The Hall–Kier alpha value is -3.71. The van der Waals surface area contributed by atoms with Gasteiger partial charge in [0, 0.05) is 30.7 Å². The fourth-order valence-corrected chi connectivity index (χ4v) is 5.61. The minimum Gasteiger partial charge on any atom is -0.311 e. The van der Waals surface area contributed by atoms with Crippen molar-refractivity contribution in [2.75, 3.05) is 0 Å². The van der Waals surface area contributed by atoms with Gasteiger partial charge in [0.05, 0.1) is 33.7 Å². The van der Waals surface area contributed by atoms with Gasteiger partial charge in [0.1, 0.15) is 12.9 Å². The Morgan fingerprint density at radius 1 is 1.03 bits per heavy atom. The van der Waals surface area contributed by atoms with Crippen molar-refractivity contribution in [1.29, 1.82) is 0 Å². The van der Waals surface area contributed by atoms with E-state index in [4.69, 9.17) is 6.57 Å². The SMILES string of the molecule is [C-]#[N+]C(C)(C)Cc1cc2cc[n+](C)c3c4c(C)c(C)cc5c6c(F)cccc6n(c(c1)c23)c54. The van der Waals surface area contributed by atoms with Crippen LogP contribution in [-0.2, 0) is 13.5 Å². The molecule has 0 saturated heterocycles. The van der Waals surface area contributed by atoms with Gasteiger partial charge in [-0.15, -0.1) is 0 Å². The van der Waals surface area contributed by atoms with Crippen LogP contribution in [-0.4, -0.2) is 9.94 Å². The molecule has 162 valence electrons. The monoisotopic (exact) mass is 434 g/mol. The molecule has 0 aliphatic rings. The fourth-order valence-electron chi connectivity index (χ4n) is 5.61. The van der Waals surface area contributed by atoms with Gasteiger partial charge in [-0.1, -0.05) is 12.1 Å². The van der Waals surface area contributed by atoms with Crippen molar-refractivity contribution in [2.24, 2.45) is 7.05 Å². The van der Waals surface area contributed by atoms with Crippen molar-refractivity contribution in [3.8, 4) is 0 Å². The highest BCUT2D eigenvalue weighted by molar-refractivity contribution is 6.26. The Balaban J connectivity index is 1.97. The number of hydrogen-bond donors (Lipinski definition) is 0. The molecule has 3 aromatic carbocycles. The summed E-state index contributed by atoms with van der Waals surface area (Å²) in [7, 11) is 2.08. The van der Waals surface area contributed by atoms with Crippen LogP contribution in [0.15, 0.2) is 48.7 Å². The van der Waals surface area contributed by atoms with Crippen LogP contribution in [0.3, 0.4) is 0 Å². The van der Waals surface area contributed by atoms with Gasteiger partial charge >= 0.3 is 0 Å². The topological polar surface area (TPSA) is 12.7 Å². The fraction of sp³-hybridized carbons (Fsp3) is 0.241. The van der Waals surface area contributed by atoms with Gasteiger partial charge in [-0.2, -0.15) is 0 Å². The van der Waals surface area contributed by atoms with Crippen LogP contribution in [0.4, 0.5) is 4.39 Å². The first-order chi connectivity index (χ1) is 15.7. The predicted molar refractivity (Wildman–Crippen MR) is 134 cm³/mol.